The van der Waals surface area contributed by atoms with E-state index in [1.165, 1.54) is 12.1 Å². The van der Waals surface area contributed by atoms with Crippen LogP contribution in [0.5, 0.6) is 0 Å². The van der Waals surface area contributed by atoms with Gasteiger partial charge in [0.25, 0.3) is 5.89 Å². The summed E-state index contributed by atoms with van der Waals surface area (Å²) in [6, 6.07) is 4.29. The normalized spacial score (nSPS) is 16.8. The van der Waals surface area contributed by atoms with Crippen LogP contribution in [0.25, 0.3) is 11.5 Å². The standard InChI is InChI=1S/C12H11FIN3O/c13-7-3-4-8(9(14)5-7)12-16-11(17-18-12)10(15)6-1-2-6/h3-6,10H,1-2,15H2. The first kappa shape index (κ1) is 12.0. The first-order valence-electron chi connectivity index (χ1n) is 5.70. The number of hydrogen-bond acceptors (Lipinski definition) is 4. The Morgan fingerprint density at radius 2 is 2.22 bits per heavy atom. The molecular formula is C12H11FIN3O. The SMILES string of the molecule is NC(c1noc(-c2ccc(F)cc2I)n1)C1CC1. The predicted molar refractivity (Wildman–Crippen MR) is 72.1 cm³/mol. The van der Waals surface area contributed by atoms with Gasteiger partial charge in [0, 0.05) is 3.57 Å². The highest BCUT2D eigenvalue weighted by Gasteiger charge is 2.32. The summed E-state index contributed by atoms with van der Waals surface area (Å²) in [6.07, 6.45) is 2.25. The molecule has 1 aromatic heterocycles. The van der Waals surface area contributed by atoms with Gasteiger partial charge in [0.15, 0.2) is 5.82 Å². The highest BCUT2D eigenvalue weighted by atomic mass is 127. The Bertz CT molecular complexity index is 582. The fourth-order valence-corrected chi connectivity index (χ4v) is 2.52. The van der Waals surface area contributed by atoms with E-state index in [2.05, 4.69) is 10.1 Å². The molecule has 1 saturated carbocycles. The Kier molecular flexibility index (Phi) is 3.06. The Morgan fingerprint density at radius 3 is 2.89 bits per heavy atom. The summed E-state index contributed by atoms with van der Waals surface area (Å²) < 4.78 is 19.0. The van der Waals surface area contributed by atoms with E-state index in [0.717, 1.165) is 22.0 Å². The number of nitrogens with zero attached hydrogens (tertiary/aromatic N) is 2. The van der Waals surface area contributed by atoms with Crippen LogP contribution in [0.3, 0.4) is 0 Å². The Balaban J connectivity index is 1.92. The van der Waals surface area contributed by atoms with Gasteiger partial charge < -0.3 is 10.3 Å². The summed E-state index contributed by atoms with van der Waals surface area (Å²) in [5.41, 5.74) is 6.74. The minimum Gasteiger partial charge on any atom is -0.334 e. The number of halogens is 2. The fraction of sp³-hybridized carbons (Fsp3) is 0.333. The molecule has 1 aromatic carbocycles. The lowest BCUT2D eigenvalue weighted by Crippen LogP contribution is -2.13. The molecule has 1 unspecified atom stereocenters. The van der Waals surface area contributed by atoms with Crippen molar-refractivity contribution in [2.75, 3.05) is 0 Å². The maximum absolute atomic E-state index is 13.0. The molecule has 94 valence electrons. The summed E-state index contributed by atoms with van der Waals surface area (Å²) >= 11 is 2.04. The van der Waals surface area contributed by atoms with Gasteiger partial charge in [-0.25, -0.2) is 4.39 Å². The summed E-state index contributed by atoms with van der Waals surface area (Å²) in [4.78, 5) is 4.30. The predicted octanol–water partition coefficient (Wildman–Crippen LogP) is 2.89. The molecular weight excluding hydrogens is 348 g/mol. The molecule has 1 fully saturated rings. The Labute approximate surface area is 117 Å². The van der Waals surface area contributed by atoms with Gasteiger partial charge in [0.1, 0.15) is 5.82 Å². The molecule has 0 saturated heterocycles. The van der Waals surface area contributed by atoms with E-state index in [9.17, 15) is 4.39 Å². The average molecular weight is 359 g/mol. The molecule has 1 heterocycles. The van der Waals surface area contributed by atoms with Crippen molar-refractivity contribution in [3.8, 4) is 11.5 Å². The molecule has 0 amide bonds. The summed E-state index contributed by atoms with van der Waals surface area (Å²) in [5.74, 6) is 1.12. The maximum atomic E-state index is 13.0. The first-order valence-corrected chi connectivity index (χ1v) is 6.77. The van der Waals surface area contributed by atoms with Crippen LogP contribution in [-0.2, 0) is 0 Å². The van der Waals surface area contributed by atoms with Crippen LogP contribution >= 0.6 is 22.6 Å². The zero-order chi connectivity index (χ0) is 12.7. The number of benzene rings is 1. The second-order valence-electron chi connectivity index (χ2n) is 4.45. The molecule has 1 atom stereocenters. The van der Waals surface area contributed by atoms with E-state index < -0.39 is 0 Å². The Hall–Kier alpha value is -1.02. The van der Waals surface area contributed by atoms with Crippen LogP contribution in [0.2, 0.25) is 0 Å². The lowest BCUT2D eigenvalue weighted by molar-refractivity contribution is 0.411. The van der Waals surface area contributed by atoms with E-state index in [4.69, 9.17) is 10.3 Å². The Morgan fingerprint density at radius 1 is 1.44 bits per heavy atom. The quantitative estimate of drug-likeness (QED) is 0.856. The van der Waals surface area contributed by atoms with Gasteiger partial charge in [-0.15, -0.1) is 0 Å². The minimum absolute atomic E-state index is 0.152. The summed E-state index contributed by atoms with van der Waals surface area (Å²) in [7, 11) is 0. The molecule has 1 aliphatic carbocycles. The minimum atomic E-state index is -0.280. The van der Waals surface area contributed by atoms with E-state index in [1.807, 2.05) is 22.6 Å². The monoisotopic (exact) mass is 359 g/mol. The number of aromatic nitrogens is 2. The van der Waals surface area contributed by atoms with Gasteiger partial charge in [-0.2, -0.15) is 4.98 Å². The third-order valence-electron chi connectivity index (χ3n) is 3.03. The van der Waals surface area contributed by atoms with Gasteiger partial charge in [-0.05, 0) is 59.5 Å². The second kappa shape index (κ2) is 4.58. The summed E-state index contributed by atoms with van der Waals surface area (Å²) in [6.45, 7) is 0. The third kappa shape index (κ3) is 2.26. The van der Waals surface area contributed by atoms with Crippen molar-refractivity contribution < 1.29 is 8.91 Å². The smallest absolute Gasteiger partial charge is 0.259 e. The van der Waals surface area contributed by atoms with Gasteiger partial charge in [0.05, 0.1) is 11.6 Å². The van der Waals surface area contributed by atoms with Gasteiger partial charge >= 0.3 is 0 Å². The molecule has 4 nitrogen and oxygen atoms in total. The molecule has 2 N–H and O–H groups in total. The average Bonchev–Trinajstić information content (AvgIpc) is 3.07. The van der Waals surface area contributed by atoms with Crippen LogP contribution in [0, 0.1) is 15.3 Å². The number of hydrogen-bond donors (Lipinski definition) is 1. The lowest BCUT2D eigenvalue weighted by Gasteiger charge is -2.02. The van der Waals surface area contributed by atoms with Crippen molar-refractivity contribution in [1.82, 2.24) is 10.1 Å². The largest absolute Gasteiger partial charge is 0.334 e. The third-order valence-corrected chi connectivity index (χ3v) is 3.92. The van der Waals surface area contributed by atoms with E-state index in [0.29, 0.717) is 17.6 Å². The van der Waals surface area contributed by atoms with Crippen molar-refractivity contribution in [3.05, 3.63) is 33.4 Å². The van der Waals surface area contributed by atoms with Crippen molar-refractivity contribution in [3.63, 3.8) is 0 Å². The summed E-state index contributed by atoms with van der Waals surface area (Å²) in [5, 5.41) is 3.91. The number of nitrogens with two attached hydrogens (primary N) is 1. The van der Waals surface area contributed by atoms with Crippen LogP contribution in [0.15, 0.2) is 22.7 Å². The molecule has 0 bridgehead atoms. The topological polar surface area (TPSA) is 64.9 Å². The molecule has 0 spiro atoms. The number of rotatable bonds is 3. The van der Waals surface area contributed by atoms with Crippen LogP contribution in [-0.4, -0.2) is 10.1 Å². The second-order valence-corrected chi connectivity index (χ2v) is 5.61. The molecule has 6 heteroatoms. The van der Waals surface area contributed by atoms with Crippen molar-refractivity contribution >= 4 is 22.6 Å². The fourth-order valence-electron chi connectivity index (χ4n) is 1.81. The van der Waals surface area contributed by atoms with Crippen molar-refractivity contribution in [2.45, 2.75) is 18.9 Å². The highest BCUT2D eigenvalue weighted by Crippen LogP contribution is 2.39. The molecule has 2 aromatic rings. The zero-order valence-electron chi connectivity index (χ0n) is 9.44. The van der Waals surface area contributed by atoms with Crippen LogP contribution in [0.1, 0.15) is 24.7 Å². The molecule has 0 aliphatic heterocycles. The van der Waals surface area contributed by atoms with Gasteiger partial charge in [-0.1, -0.05) is 5.16 Å². The van der Waals surface area contributed by atoms with Gasteiger partial charge in [-0.3, -0.25) is 0 Å². The highest BCUT2D eigenvalue weighted by molar-refractivity contribution is 14.1. The van der Waals surface area contributed by atoms with Crippen LogP contribution < -0.4 is 5.73 Å². The van der Waals surface area contributed by atoms with E-state index in [1.54, 1.807) is 6.07 Å². The van der Waals surface area contributed by atoms with Crippen LogP contribution in [0.4, 0.5) is 4.39 Å². The maximum Gasteiger partial charge on any atom is 0.259 e. The van der Waals surface area contributed by atoms with Crippen molar-refractivity contribution in [1.29, 1.82) is 0 Å². The lowest BCUT2D eigenvalue weighted by atomic mass is 10.2. The zero-order valence-corrected chi connectivity index (χ0v) is 11.6. The van der Waals surface area contributed by atoms with Crippen molar-refractivity contribution in [2.24, 2.45) is 11.7 Å². The van der Waals surface area contributed by atoms with E-state index >= 15 is 0 Å². The molecule has 3 rings (SSSR count). The first-order chi connectivity index (χ1) is 8.65. The van der Waals surface area contributed by atoms with E-state index in [-0.39, 0.29) is 11.9 Å². The molecule has 18 heavy (non-hydrogen) atoms. The molecule has 1 aliphatic rings. The molecule has 0 radical (unpaired) electrons. The van der Waals surface area contributed by atoms with Gasteiger partial charge in [0.2, 0.25) is 0 Å².